The first-order valence-corrected chi connectivity index (χ1v) is 8.12. The lowest BCUT2D eigenvalue weighted by Gasteiger charge is -2.05. The van der Waals surface area contributed by atoms with Crippen LogP contribution in [0.1, 0.15) is 16.3 Å². The van der Waals surface area contributed by atoms with E-state index < -0.39 is 10.0 Å². The van der Waals surface area contributed by atoms with Crippen LogP contribution in [0.25, 0.3) is 0 Å². The number of nitrogens with one attached hydrogen (secondary N) is 1. The van der Waals surface area contributed by atoms with Crippen molar-refractivity contribution in [2.24, 2.45) is 0 Å². The summed E-state index contributed by atoms with van der Waals surface area (Å²) in [6, 6.07) is 3.17. The molecule has 0 aliphatic carbocycles. The van der Waals surface area contributed by atoms with Crippen LogP contribution in [0.5, 0.6) is 0 Å². The maximum atomic E-state index is 12.1. The lowest BCUT2D eigenvalue weighted by atomic mass is 10.4. The van der Waals surface area contributed by atoms with Crippen LogP contribution in [0.15, 0.2) is 16.3 Å². The summed E-state index contributed by atoms with van der Waals surface area (Å²) in [5.41, 5.74) is 1.26. The molecule has 7 nitrogen and oxygen atoms in total. The van der Waals surface area contributed by atoms with Gasteiger partial charge >= 0.3 is 0 Å². The van der Waals surface area contributed by atoms with E-state index in [1.807, 2.05) is 0 Å². The number of sulfonamides is 1. The molecule has 2 heterocycles. The van der Waals surface area contributed by atoms with E-state index >= 15 is 0 Å². The molecule has 0 saturated heterocycles. The van der Waals surface area contributed by atoms with Crippen molar-refractivity contribution in [3.8, 4) is 0 Å². The molecular weight excluding hydrogens is 300 g/mol. The van der Waals surface area contributed by atoms with Crippen molar-refractivity contribution < 1.29 is 13.5 Å². The minimum absolute atomic E-state index is 0.0163. The number of aliphatic hydroxyl groups is 1. The van der Waals surface area contributed by atoms with E-state index in [-0.39, 0.29) is 16.8 Å². The van der Waals surface area contributed by atoms with Gasteiger partial charge in [0.25, 0.3) is 16.0 Å². The summed E-state index contributed by atoms with van der Waals surface area (Å²) in [6.07, 6.45) is 0.432. The normalized spacial score (nSPS) is 11.6. The predicted octanol–water partition coefficient (Wildman–Crippen LogP) is 0.886. The summed E-state index contributed by atoms with van der Waals surface area (Å²) < 4.78 is 26.7. The molecule has 2 aromatic rings. The number of thiophene rings is 1. The van der Waals surface area contributed by atoms with Crippen LogP contribution in [0, 0.1) is 13.8 Å². The third-order valence-corrected chi connectivity index (χ3v) is 5.54. The Labute approximate surface area is 120 Å². The van der Waals surface area contributed by atoms with Crippen molar-refractivity contribution in [3.05, 3.63) is 28.4 Å². The number of aryl methyl sites for hydroxylation is 2. The first-order valence-electron chi connectivity index (χ1n) is 5.82. The Morgan fingerprint density at radius 1 is 1.25 bits per heavy atom. The van der Waals surface area contributed by atoms with Gasteiger partial charge in [-0.05, 0) is 26.0 Å². The van der Waals surface area contributed by atoms with Gasteiger partial charge < -0.3 is 5.11 Å². The second kappa shape index (κ2) is 5.81. The van der Waals surface area contributed by atoms with E-state index in [1.165, 1.54) is 6.07 Å². The van der Waals surface area contributed by atoms with Crippen LogP contribution >= 0.6 is 11.3 Å². The summed E-state index contributed by atoms with van der Waals surface area (Å²) in [4.78, 5) is 4.83. The molecule has 0 saturated carbocycles. The fourth-order valence-electron chi connectivity index (χ4n) is 1.42. The Morgan fingerprint density at radius 3 is 2.65 bits per heavy atom. The number of hydrogen-bond donors (Lipinski definition) is 2. The van der Waals surface area contributed by atoms with E-state index in [0.29, 0.717) is 17.8 Å². The smallest absolute Gasteiger partial charge is 0.273 e. The molecule has 0 radical (unpaired) electrons. The largest absolute Gasteiger partial charge is 0.396 e. The molecule has 0 fully saturated rings. The van der Waals surface area contributed by atoms with Crippen molar-refractivity contribution in [1.82, 2.24) is 15.2 Å². The van der Waals surface area contributed by atoms with Gasteiger partial charge in [-0.25, -0.2) is 18.1 Å². The highest BCUT2D eigenvalue weighted by Gasteiger charge is 2.18. The Hall–Kier alpha value is -1.58. The second-order valence-corrected chi connectivity index (χ2v) is 7.18. The Morgan fingerprint density at radius 2 is 2.00 bits per heavy atom. The summed E-state index contributed by atoms with van der Waals surface area (Å²) >= 11 is 1.10. The van der Waals surface area contributed by atoms with Crippen LogP contribution in [0.3, 0.4) is 0 Å². The summed E-state index contributed by atoms with van der Waals surface area (Å²) in [5.74, 6) is -0.0507. The first kappa shape index (κ1) is 14.8. The Balaban J connectivity index is 2.23. The van der Waals surface area contributed by atoms with Crippen molar-refractivity contribution in [1.29, 1.82) is 0 Å². The number of aromatic nitrogens is 3. The quantitative estimate of drug-likeness (QED) is 0.849. The number of nitrogens with zero attached hydrogens (tertiary/aromatic N) is 3. The Bertz CT molecular complexity index is 712. The molecule has 0 aromatic carbocycles. The van der Waals surface area contributed by atoms with E-state index in [0.717, 1.165) is 16.2 Å². The molecule has 9 heteroatoms. The van der Waals surface area contributed by atoms with Gasteiger partial charge in [0.05, 0.1) is 11.4 Å². The van der Waals surface area contributed by atoms with Gasteiger partial charge in [-0.3, -0.25) is 0 Å². The SMILES string of the molecule is Cc1nnc(NS(=O)(=O)c2ccc(CCO)s2)nc1C. The fourth-order valence-corrected chi connectivity index (χ4v) is 3.70. The molecule has 0 atom stereocenters. The third-order valence-electron chi connectivity index (χ3n) is 2.58. The van der Waals surface area contributed by atoms with Crippen molar-refractivity contribution in [3.63, 3.8) is 0 Å². The molecule has 0 bridgehead atoms. The number of rotatable bonds is 5. The van der Waals surface area contributed by atoms with Gasteiger partial charge in [-0.15, -0.1) is 16.4 Å². The molecule has 2 aromatic heterocycles. The van der Waals surface area contributed by atoms with Gasteiger partial charge in [0, 0.05) is 17.9 Å². The van der Waals surface area contributed by atoms with Gasteiger partial charge in [-0.1, -0.05) is 0 Å². The zero-order valence-corrected chi connectivity index (χ0v) is 12.6. The fraction of sp³-hybridized carbons (Fsp3) is 0.364. The van der Waals surface area contributed by atoms with Gasteiger partial charge in [0.1, 0.15) is 4.21 Å². The average molecular weight is 314 g/mol. The van der Waals surface area contributed by atoms with E-state index in [4.69, 9.17) is 5.11 Å². The number of anilines is 1. The minimum atomic E-state index is -3.72. The van der Waals surface area contributed by atoms with E-state index in [9.17, 15) is 8.42 Å². The topological polar surface area (TPSA) is 105 Å². The van der Waals surface area contributed by atoms with Crippen LogP contribution in [0.4, 0.5) is 5.95 Å². The summed E-state index contributed by atoms with van der Waals surface area (Å²) in [7, 11) is -3.72. The lowest BCUT2D eigenvalue weighted by Crippen LogP contribution is -2.15. The van der Waals surface area contributed by atoms with Crippen molar-refractivity contribution in [2.45, 2.75) is 24.5 Å². The second-order valence-electron chi connectivity index (χ2n) is 4.11. The van der Waals surface area contributed by atoms with Crippen molar-refractivity contribution >= 4 is 27.3 Å². The van der Waals surface area contributed by atoms with Crippen LogP contribution < -0.4 is 4.72 Å². The zero-order chi connectivity index (χ0) is 14.8. The van der Waals surface area contributed by atoms with Gasteiger partial charge in [-0.2, -0.15) is 5.10 Å². The van der Waals surface area contributed by atoms with Gasteiger partial charge in [0.15, 0.2) is 0 Å². The molecule has 0 aliphatic heterocycles. The Kier molecular flexibility index (Phi) is 4.31. The molecule has 108 valence electrons. The molecule has 2 rings (SSSR count). The average Bonchev–Trinajstić information content (AvgIpc) is 2.83. The molecule has 0 spiro atoms. The third kappa shape index (κ3) is 3.30. The molecular formula is C11H14N4O3S2. The van der Waals surface area contributed by atoms with Crippen molar-refractivity contribution in [2.75, 3.05) is 11.3 Å². The highest BCUT2D eigenvalue weighted by molar-refractivity contribution is 7.94. The maximum Gasteiger partial charge on any atom is 0.273 e. The molecule has 0 aliphatic rings. The summed E-state index contributed by atoms with van der Waals surface area (Å²) in [6.45, 7) is 3.46. The van der Waals surface area contributed by atoms with Crippen LogP contribution in [-0.2, 0) is 16.4 Å². The number of aliphatic hydroxyl groups excluding tert-OH is 1. The molecule has 2 N–H and O–H groups in total. The van der Waals surface area contributed by atoms with Crippen LogP contribution in [0.2, 0.25) is 0 Å². The minimum Gasteiger partial charge on any atom is -0.396 e. The van der Waals surface area contributed by atoms with E-state index in [2.05, 4.69) is 19.9 Å². The summed E-state index contributed by atoms with van der Waals surface area (Å²) in [5, 5.41) is 16.4. The zero-order valence-electron chi connectivity index (χ0n) is 11.0. The highest BCUT2D eigenvalue weighted by atomic mass is 32.2. The van der Waals surface area contributed by atoms with E-state index in [1.54, 1.807) is 19.9 Å². The lowest BCUT2D eigenvalue weighted by molar-refractivity contribution is 0.300. The monoisotopic (exact) mass is 314 g/mol. The molecule has 0 unspecified atom stereocenters. The standard InChI is InChI=1S/C11H14N4O3S2/c1-7-8(2)13-14-11(12-7)15-20(17,18)10-4-3-9(19-10)5-6-16/h3-4,16H,5-6H2,1-2H3,(H,12,14,15). The molecule has 20 heavy (non-hydrogen) atoms. The van der Waals surface area contributed by atoms with Crippen LogP contribution in [-0.4, -0.2) is 35.3 Å². The maximum absolute atomic E-state index is 12.1. The van der Waals surface area contributed by atoms with Gasteiger partial charge in [0.2, 0.25) is 0 Å². The predicted molar refractivity (Wildman–Crippen MR) is 75.2 cm³/mol. The first-order chi connectivity index (χ1) is 9.42. The highest BCUT2D eigenvalue weighted by Crippen LogP contribution is 2.23. The number of hydrogen-bond acceptors (Lipinski definition) is 7. The molecule has 0 amide bonds.